The first-order valence-electron chi connectivity index (χ1n) is 5.41. The van der Waals surface area contributed by atoms with Crippen LogP contribution in [0.2, 0.25) is 0 Å². The molecule has 0 aliphatic rings. The third kappa shape index (κ3) is 1.91. The second-order valence-electron chi connectivity index (χ2n) is 3.70. The van der Waals surface area contributed by atoms with Gasteiger partial charge in [0.1, 0.15) is 5.65 Å². The van der Waals surface area contributed by atoms with Crippen LogP contribution >= 0.6 is 0 Å². The summed E-state index contributed by atoms with van der Waals surface area (Å²) in [6, 6.07) is 5.87. The van der Waals surface area contributed by atoms with Gasteiger partial charge in [-0.1, -0.05) is 13.0 Å². The van der Waals surface area contributed by atoms with Gasteiger partial charge in [-0.3, -0.25) is 4.79 Å². The van der Waals surface area contributed by atoms with Gasteiger partial charge in [0.05, 0.1) is 17.9 Å². The zero-order valence-electron chi connectivity index (χ0n) is 9.53. The van der Waals surface area contributed by atoms with E-state index < -0.39 is 0 Å². The fourth-order valence-electron chi connectivity index (χ4n) is 1.68. The summed E-state index contributed by atoms with van der Waals surface area (Å²) < 4.78 is 2.01. The molecule has 2 aromatic heterocycles. The second-order valence-corrected chi connectivity index (χ2v) is 3.70. The molecular weight excluding hydrogens is 202 g/mol. The van der Waals surface area contributed by atoms with Crippen molar-refractivity contribution in [2.24, 2.45) is 0 Å². The summed E-state index contributed by atoms with van der Waals surface area (Å²) in [6.07, 6.45) is 2.47. The molecule has 0 saturated heterocycles. The van der Waals surface area contributed by atoms with Crippen LogP contribution in [-0.4, -0.2) is 15.3 Å². The van der Waals surface area contributed by atoms with E-state index in [9.17, 15) is 4.79 Å². The number of amides is 1. The minimum atomic E-state index is 0.0604. The molecule has 16 heavy (non-hydrogen) atoms. The van der Waals surface area contributed by atoms with E-state index in [1.807, 2.05) is 42.6 Å². The van der Waals surface area contributed by atoms with Crippen LogP contribution in [0.3, 0.4) is 0 Å². The van der Waals surface area contributed by atoms with Crippen LogP contribution in [0.4, 0.5) is 0 Å². The molecule has 0 spiro atoms. The van der Waals surface area contributed by atoms with E-state index in [1.54, 1.807) is 0 Å². The number of hydrogen-bond donors (Lipinski definition) is 1. The van der Waals surface area contributed by atoms with Crippen LogP contribution < -0.4 is 5.32 Å². The van der Waals surface area contributed by atoms with Crippen molar-refractivity contribution >= 4 is 11.6 Å². The number of nitrogens with zero attached hydrogens (tertiary/aromatic N) is 2. The Hall–Kier alpha value is -1.84. The molecule has 0 aliphatic carbocycles. The Bertz CT molecular complexity index is 516. The number of nitrogens with one attached hydrogen (secondary N) is 1. The summed E-state index contributed by atoms with van der Waals surface area (Å²) in [4.78, 5) is 15.6. The molecule has 0 aromatic carbocycles. The molecule has 84 valence electrons. The molecular formula is C12H15N3O. The Morgan fingerprint density at radius 1 is 1.50 bits per heavy atom. The molecule has 2 aromatic rings. The lowest BCUT2D eigenvalue weighted by atomic mass is 10.3. The lowest BCUT2D eigenvalue weighted by Gasteiger charge is -2.04. The maximum atomic E-state index is 11.2. The van der Waals surface area contributed by atoms with Gasteiger partial charge in [0, 0.05) is 12.6 Å². The van der Waals surface area contributed by atoms with Gasteiger partial charge in [0.25, 0.3) is 0 Å². The lowest BCUT2D eigenvalue weighted by Crippen LogP contribution is -2.22. The summed E-state index contributed by atoms with van der Waals surface area (Å²) >= 11 is 0. The highest BCUT2D eigenvalue weighted by molar-refractivity contribution is 5.75. The summed E-state index contributed by atoms with van der Waals surface area (Å²) in [5, 5.41) is 2.87. The van der Waals surface area contributed by atoms with Crippen LogP contribution in [-0.2, 0) is 11.3 Å². The fourth-order valence-corrected chi connectivity index (χ4v) is 1.68. The maximum Gasteiger partial charge on any atom is 0.220 e. The van der Waals surface area contributed by atoms with Crippen LogP contribution in [0, 0.1) is 6.92 Å². The molecule has 0 saturated carbocycles. The molecule has 0 fully saturated rings. The molecule has 4 heteroatoms. The SMILES string of the molecule is CCC(=O)NCc1c(C)nc2ccccn12. The molecule has 1 amide bonds. The first kappa shape index (κ1) is 10.7. The molecule has 2 rings (SSSR count). The van der Waals surface area contributed by atoms with Gasteiger partial charge in [0.15, 0.2) is 0 Å². The third-order valence-electron chi connectivity index (χ3n) is 2.60. The van der Waals surface area contributed by atoms with Gasteiger partial charge in [-0.05, 0) is 19.1 Å². The van der Waals surface area contributed by atoms with Crippen molar-refractivity contribution in [2.75, 3.05) is 0 Å². The van der Waals surface area contributed by atoms with Gasteiger partial charge in [-0.25, -0.2) is 4.98 Å². The summed E-state index contributed by atoms with van der Waals surface area (Å²) in [6.45, 7) is 4.33. The fraction of sp³-hybridized carbons (Fsp3) is 0.333. The number of imidazole rings is 1. The van der Waals surface area contributed by atoms with Gasteiger partial charge in [-0.2, -0.15) is 0 Å². The Labute approximate surface area is 94.3 Å². The predicted molar refractivity (Wildman–Crippen MR) is 62.1 cm³/mol. The number of pyridine rings is 1. The summed E-state index contributed by atoms with van der Waals surface area (Å²) in [7, 11) is 0. The van der Waals surface area contributed by atoms with Crippen molar-refractivity contribution in [1.82, 2.24) is 14.7 Å². The van der Waals surface area contributed by atoms with E-state index in [1.165, 1.54) is 0 Å². The molecule has 0 unspecified atom stereocenters. The first-order chi connectivity index (χ1) is 7.72. The third-order valence-corrected chi connectivity index (χ3v) is 2.60. The molecule has 0 aliphatic heterocycles. The molecule has 4 nitrogen and oxygen atoms in total. The number of carbonyl (C=O) groups is 1. The summed E-state index contributed by atoms with van der Waals surface area (Å²) in [5.41, 5.74) is 2.92. The smallest absolute Gasteiger partial charge is 0.220 e. The van der Waals surface area contributed by atoms with E-state index in [0.29, 0.717) is 13.0 Å². The molecule has 0 bridgehead atoms. The quantitative estimate of drug-likeness (QED) is 0.850. The zero-order chi connectivity index (χ0) is 11.5. The van der Waals surface area contributed by atoms with Crippen molar-refractivity contribution in [3.63, 3.8) is 0 Å². The minimum absolute atomic E-state index is 0.0604. The average molecular weight is 217 g/mol. The van der Waals surface area contributed by atoms with Crippen molar-refractivity contribution in [3.05, 3.63) is 35.8 Å². The number of rotatable bonds is 3. The topological polar surface area (TPSA) is 46.4 Å². The number of aromatic nitrogens is 2. The molecule has 1 N–H and O–H groups in total. The Morgan fingerprint density at radius 3 is 3.06 bits per heavy atom. The number of hydrogen-bond acceptors (Lipinski definition) is 2. The van der Waals surface area contributed by atoms with Gasteiger partial charge >= 0.3 is 0 Å². The van der Waals surface area contributed by atoms with Crippen molar-refractivity contribution < 1.29 is 4.79 Å². The molecule has 0 radical (unpaired) electrons. The Morgan fingerprint density at radius 2 is 2.31 bits per heavy atom. The van der Waals surface area contributed by atoms with Gasteiger partial charge in [0.2, 0.25) is 5.91 Å². The first-order valence-corrected chi connectivity index (χ1v) is 5.41. The van der Waals surface area contributed by atoms with Crippen molar-refractivity contribution in [1.29, 1.82) is 0 Å². The number of aryl methyl sites for hydroxylation is 1. The largest absolute Gasteiger partial charge is 0.350 e. The number of carbonyl (C=O) groups excluding carboxylic acids is 1. The molecule has 0 atom stereocenters. The summed E-state index contributed by atoms with van der Waals surface area (Å²) in [5.74, 6) is 0.0604. The van der Waals surface area contributed by atoms with Crippen molar-refractivity contribution in [2.45, 2.75) is 26.8 Å². The monoisotopic (exact) mass is 217 g/mol. The highest BCUT2D eigenvalue weighted by Gasteiger charge is 2.08. The van der Waals surface area contributed by atoms with E-state index in [2.05, 4.69) is 10.3 Å². The molecule has 2 heterocycles. The predicted octanol–water partition coefficient (Wildman–Crippen LogP) is 1.67. The second kappa shape index (κ2) is 4.35. The van der Waals surface area contributed by atoms with Crippen LogP contribution in [0.25, 0.3) is 5.65 Å². The Kier molecular flexibility index (Phi) is 2.90. The maximum absolute atomic E-state index is 11.2. The average Bonchev–Trinajstić information content (AvgIpc) is 2.62. The normalized spacial score (nSPS) is 10.6. The standard InChI is InChI=1S/C12H15N3O/c1-3-12(16)13-8-10-9(2)14-11-6-4-5-7-15(10)11/h4-7H,3,8H2,1-2H3,(H,13,16). The van der Waals surface area contributed by atoms with E-state index in [0.717, 1.165) is 17.0 Å². The lowest BCUT2D eigenvalue weighted by molar-refractivity contribution is -0.120. The number of fused-ring (bicyclic) bond motifs is 1. The zero-order valence-corrected chi connectivity index (χ0v) is 9.53. The van der Waals surface area contributed by atoms with Crippen LogP contribution in [0.5, 0.6) is 0 Å². The van der Waals surface area contributed by atoms with Gasteiger partial charge in [-0.15, -0.1) is 0 Å². The van der Waals surface area contributed by atoms with Crippen LogP contribution in [0.15, 0.2) is 24.4 Å². The van der Waals surface area contributed by atoms with Crippen LogP contribution in [0.1, 0.15) is 24.7 Å². The Balaban J connectivity index is 2.29. The van der Waals surface area contributed by atoms with E-state index >= 15 is 0 Å². The van der Waals surface area contributed by atoms with Crippen molar-refractivity contribution in [3.8, 4) is 0 Å². The van der Waals surface area contributed by atoms with E-state index in [4.69, 9.17) is 0 Å². The van der Waals surface area contributed by atoms with Gasteiger partial charge < -0.3 is 9.72 Å². The highest BCUT2D eigenvalue weighted by Crippen LogP contribution is 2.11. The minimum Gasteiger partial charge on any atom is -0.350 e. The van der Waals surface area contributed by atoms with E-state index in [-0.39, 0.29) is 5.91 Å². The highest BCUT2D eigenvalue weighted by atomic mass is 16.1.